The first-order valence-electron chi connectivity index (χ1n) is 9.23. The largest absolute Gasteiger partial charge is 0.482 e. The number of rotatable bonds is 10. The maximum atomic E-state index is 13.3. The minimum absolute atomic E-state index is 0.0855. The van der Waals surface area contributed by atoms with Crippen molar-refractivity contribution >= 4 is 30.6 Å². The number of para-hydroxylation sites is 1. The van der Waals surface area contributed by atoms with Gasteiger partial charge >= 0.3 is 13.6 Å². The van der Waals surface area contributed by atoms with Gasteiger partial charge in [-0.1, -0.05) is 41.6 Å². The molecular formula is C20H25ClNO6P. The van der Waals surface area contributed by atoms with Crippen molar-refractivity contribution in [1.29, 1.82) is 0 Å². The highest BCUT2D eigenvalue weighted by Crippen LogP contribution is 2.52. The molecule has 0 aromatic heterocycles. The predicted octanol–water partition coefficient (Wildman–Crippen LogP) is 5.07. The van der Waals surface area contributed by atoms with Crippen LogP contribution < -0.4 is 4.74 Å². The number of hydrogen-bond donors (Lipinski definition) is 0. The minimum atomic E-state index is -3.80. The van der Waals surface area contributed by atoms with E-state index in [0.29, 0.717) is 17.7 Å². The molecule has 1 aromatic rings. The molecule has 0 N–H and O–H groups in total. The van der Waals surface area contributed by atoms with Crippen molar-refractivity contribution in [3.63, 3.8) is 0 Å². The molecule has 0 bridgehead atoms. The Morgan fingerprint density at radius 1 is 1.21 bits per heavy atom. The molecule has 1 aliphatic carbocycles. The summed E-state index contributed by atoms with van der Waals surface area (Å²) in [6.07, 6.45) is 5.64. The van der Waals surface area contributed by atoms with E-state index in [4.69, 9.17) is 30.2 Å². The lowest BCUT2D eigenvalue weighted by Crippen LogP contribution is -2.19. The van der Waals surface area contributed by atoms with E-state index in [1.165, 1.54) is 0 Å². The van der Waals surface area contributed by atoms with Crippen LogP contribution in [0, 0.1) is 0 Å². The highest BCUT2D eigenvalue weighted by molar-refractivity contribution is 7.73. The van der Waals surface area contributed by atoms with Gasteiger partial charge in [-0.2, -0.15) is 0 Å². The summed E-state index contributed by atoms with van der Waals surface area (Å²) in [5.74, 6) is -0.240. The second-order valence-electron chi connectivity index (χ2n) is 6.29. The zero-order chi connectivity index (χ0) is 21.3. The van der Waals surface area contributed by atoms with Crippen LogP contribution in [0.2, 0.25) is 0 Å². The fraction of sp³-hybridized carbons (Fsp3) is 0.400. The Morgan fingerprint density at radius 2 is 1.86 bits per heavy atom. The molecule has 0 fully saturated rings. The molecule has 0 amide bonds. The normalized spacial score (nSPS) is 19.6. The number of nitrogens with zero attached hydrogens (tertiary/aromatic N) is 1. The molecule has 0 saturated carbocycles. The molecule has 0 saturated heterocycles. The molecule has 158 valence electrons. The highest BCUT2D eigenvalue weighted by atomic mass is 35.5. The maximum absolute atomic E-state index is 13.3. The Bertz CT molecular complexity index is 825. The van der Waals surface area contributed by atoms with E-state index in [0.717, 1.165) is 0 Å². The van der Waals surface area contributed by atoms with Gasteiger partial charge in [-0.05, 0) is 39.3 Å². The Hall–Kier alpha value is -1.92. The maximum Gasteiger partial charge on any atom is 0.383 e. The number of halogens is 1. The summed E-state index contributed by atoms with van der Waals surface area (Å²) >= 11 is 6.30. The first-order chi connectivity index (χ1) is 13.8. The molecule has 0 heterocycles. The van der Waals surface area contributed by atoms with Crippen LogP contribution in [-0.4, -0.2) is 36.1 Å². The molecule has 1 atom stereocenters. The molecule has 9 heteroatoms. The van der Waals surface area contributed by atoms with Crippen molar-refractivity contribution in [2.45, 2.75) is 32.1 Å². The van der Waals surface area contributed by atoms with Gasteiger partial charge < -0.3 is 18.6 Å². The number of allylic oxidation sites excluding steroid dienone is 4. The predicted molar refractivity (Wildman–Crippen MR) is 112 cm³/mol. The van der Waals surface area contributed by atoms with Crippen molar-refractivity contribution in [3.8, 4) is 5.75 Å². The molecule has 7 nitrogen and oxygen atoms in total. The van der Waals surface area contributed by atoms with Gasteiger partial charge in [0.05, 0.1) is 18.1 Å². The van der Waals surface area contributed by atoms with E-state index in [9.17, 15) is 9.36 Å². The van der Waals surface area contributed by atoms with Crippen LogP contribution in [0.3, 0.4) is 0 Å². The average Bonchev–Trinajstić information content (AvgIpc) is 2.68. The molecule has 29 heavy (non-hydrogen) atoms. The van der Waals surface area contributed by atoms with Gasteiger partial charge in [0.15, 0.2) is 12.1 Å². The number of oxime groups is 1. The first kappa shape index (κ1) is 23.4. The van der Waals surface area contributed by atoms with Crippen LogP contribution in [0.25, 0.3) is 0 Å². The second-order valence-corrected chi connectivity index (χ2v) is 9.09. The Labute approximate surface area is 175 Å². The Balaban J connectivity index is 2.20. The zero-order valence-corrected chi connectivity index (χ0v) is 18.3. The van der Waals surface area contributed by atoms with Crippen LogP contribution in [0.1, 0.15) is 27.2 Å². The molecule has 0 radical (unpaired) electrons. The monoisotopic (exact) mass is 441 g/mol. The van der Waals surface area contributed by atoms with Gasteiger partial charge in [0, 0.05) is 5.57 Å². The average molecular weight is 442 g/mol. The zero-order valence-electron chi connectivity index (χ0n) is 16.7. The van der Waals surface area contributed by atoms with Gasteiger partial charge in [-0.15, -0.1) is 11.6 Å². The molecular weight excluding hydrogens is 417 g/mol. The number of benzene rings is 1. The van der Waals surface area contributed by atoms with E-state index in [2.05, 4.69) is 5.16 Å². The van der Waals surface area contributed by atoms with E-state index >= 15 is 0 Å². The van der Waals surface area contributed by atoms with E-state index in [1.807, 2.05) is 13.0 Å². The van der Waals surface area contributed by atoms with Crippen LogP contribution in [0.15, 0.2) is 59.3 Å². The van der Waals surface area contributed by atoms with Gasteiger partial charge in [0.1, 0.15) is 5.75 Å². The highest BCUT2D eigenvalue weighted by Gasteiger charge is 2.36. The molecule has 0 spiro atoms. The van der Waals surface area contributed by atoms with Crippen LogP contribution in [-0.2, 0) is 23.2 Å². The standard InChI is InChI=1S/C20H25ClNO6P/c1-4-26-29(24,27-5-2)19(16-11-13-20(3,21)14-12-16)22-28-18(23)15-25-17-9-7-6-8-10-17/h6-13H,4-5,14-15H2,1-3H3. The fourth-order valence-electron chi connectivity index (χ4n) is 2.41. The summed E-state index contributed by atoms with van der Waals surface area (Å²) in [6, 6.07) is 8.81. The van der Waals surface area contributed by atoms with Crippen LogP contribution >= 0.6 is 19.2 Å². The number of hydrogen-bond acceptors (Lipinski definition) is 7. The third kappa shape index (κ3) is 7.12. The van der Waals surface area contributed by atoms with Gasteiger partial charge in [0.25, 0.3) is 0 Å². The van der Waals surface area contributed by atoms with Crippen molar-refractivity contribution in [2.24, 2.45) is 5.16 Å². The topological polar surface area (TPSA) is 83.4 Å². The minimum Gasteiger partial charge on any atom is -0.482 e. The SMILES string of the molecule is CCOP(=O)(OCC)C(=NOC(=O)COc1ccccc1)C1=CCC(C)(Cl)C=C1. The molecule has 0 aliphatic heterocycles. The van der Waals surface area contributed by atoms with Gasteiger partial charge in [0.2, 0.25) is 0 Å². The fourth-order valence-corrected chi connectivity index (χ4v) is 4.18. The molecule has 2 rings (SSSR count). The molecule has 1 unspecified atom stereocenters. The van der Waals surface area contributed by atoms with Crippen LogP contribution in [0.5, 0.6) is 5.75 Å². The summed E-state index contributed by atoms with van der Waals surface area (Å²) in [7, 11) is -3.80. The van der Waals surface area contributed by atoms with Gasteiger partial charge in [-0.3, -0.25) is 4.57 Å². The first-order valence-corrected chi connectivity index (χ1v) is 11.2. The van der Waals surface area contributed by atoms with Crippen molar-refractivity contribution in [1.82, 2.24) is 0 Å². The number of carbonyl (C=O) groups is 1. The third-order valence-electron chi connectivity index (χ3n) is 3.78. The summed E-state index contributed by atoms with van der Waals surface area (Å²) in [5.41, 5.74) is 0.378. The quantitative estimate of drug-likeness (QED) is 0.166. The Morgan fingerprint density at radius 3 is 2.41 bits per heavy atom. The molecule has 1 aromatic carbocycles. The van der Waals surface area contributed by atoms with Crippen LogP contribution in [0.4, 0.5) is 0 Å². The lowest BCUT2D eigenvalue weighted by Gasteiger charge is -2.23. The Kier molecular flexibility index (Phi) is 8.65. The van der Waals surface area contributed by atoms with Crippen molar-refractivity contribution in [3.05, 3.63) is 54.1 Å². The smallest absolute Gasteiger partial charge is 0.383 e. The lowest BCUT2D eigenvalue weighted by molar-refractivity contribution is -0.145. The molecule has 1 aliphatic rings. The van der Waals surface area contributed by atoms with E-state index in [-0.39, 0.29) is 25.3 Å². The van der Waals surface area contributed by atoms with Crippen molar-refractivity contribution in [2.75, 3.05) is 19.8 Å². The van der Waals surface area contributed by atoms with E-state index in [1.54, 1.807) is 56.3 Å². The summed E-state index contributed by atoms with van der Waals surface area (Å²) in [5, 5.41) is 3.83. The third-order valence-corrected chi connectivity index (χ3v) is 6.12. The summed E-state index contributed by atoms with van der Waals surface area (Å²) in [4.78, 5) is 16.5. The number of alkyl halides is 1. The van der Waals surface area contributed by atoms with E-state index < -0.39 is 18.4 Å². The number of ether oxygens (including phenoxy) is 1. The lowest BCUT2D eigenvalue weighted by atomic mass is 9.98. The van der Waals surface area contributed by atoms with Crippen molar-refractivity contribution < 1.29 is 28.0 Å². The second kappa shape index (κ2) is 10.7. The summed E-state index contributed by atoms with van der Waals surface area (Å²) < 4.78 is 29.3. The van der Waals surface area contributed by atoms with Gasteiger partial charge in [-0.25, -0.2) is 4.79 Å². The number of carbonyl (C=O) groups excluding carboxylic acids is 1. The summed E-state index contributed by atoms with van der Waals surface area (Å²) in [6.45, 7) is 5.12.